The van der Waals surface area contributed by atoms with Gasteiger partial charge in [-0.25, -0.2) is 4.79 Å². The fourth-order valence-corrected chi connectivity index (χ4v) is 4.44. The van der Waals surface area contributed by atoms with E-state index in [1.54, 1.807) is 6.07 Å². The third-order valence-corrected chi connectivity index (χ3v) is 4.71. The molecule has 2 rings (SSSR count). The summed E-state index contributed by atoms with van der Waals surface area (Å²) in [6.45, 7) is 14.7. The quantitative estimate of drug-likeness (QED) is 0.558. The smallest absolute Gasteiger partial charge is 0.344 e. The van der Waals surface area contributed by atoms with E-state index in [2.05, 4.69) is 33.0 Å². The van der Waals surface area contributed by atoms with Crippen molar-refractivity contribution in [1.82, 2.24) is 0 Å². The Bertz CT molecular complexity index is 659. The van der Waals surface area contributed by atoms with E-state index in [1.807, 2.05) is 32.9 Å². The van der Waals surface area contributed by atoms with E-state index in [0.29, 0.717) is 28.3 Å². The van der Waals surface area contributed by atoms with Crippen LogP contribution in [0.4, 0.5) is 11.4 Å². The van der Waals surface area contributed by atoms with E-state index in [0.717, 1.165) is 18.5 Å². The van der Waals surface area contributed by atoms with E-state index in [4.69, 9.17) is 15.2 Å². The molecule has 1 aromatic carbocycles. The lowest BCUT2D eigenvalue weighted by Crippen LogP contribution is -2.40. The van der Waals surface area contributed by atoms with Gasteiger partial charge in [-0.3, -0.25) is 0 Å². The number of esters is 1. The fraction of sp³-hybridized carbons (Fsp3) is 0.682. The van der Waals surface area contributed by atoms with Gasteiger partial charge in [0.25, 0.3) is 0 Å². The Balaban J connectivity index is 1.97. The highest BCUT2D eigenvalue weighted by molar-refractivity contribution is 5.72. The molecular formula is C22H36N2O3. The number of hydrogen-bond donors (Lipinski definition) is 2. The highest BCUT2D eigenvalue weighted by atomic mass is 16.6. The Morgan fingerprint density at radius 1 is 1.19 bits per heavy atom. The van der Waals surface area contributed by atoms with Gasteiger partial charge in [0.1, 0.15) is 11.4 Å². The number of carbonyl (C=O) groups excluding carboxylic acids is 1. The number of nitrogen functional groups attached to an aromatic ring is 1. The Labute approximate surface area is 164 Å². The van der Waals surface area contributed by atoms with Crippen molar-refractivity contribution in [2.24, 2.45) is 10.8 Å². The Kier molecular flexibility index (Phi) is 6.03. The van der Waals surface area contributed by atoms with E-state index in [-0.39, 0.29) is 6.61 Å². The Morgan fingerprint density at radius 3 is 2.30 bits per heavy atom. The third kappa shape index (κ3) is 6.96. The molecule has 0 radical (unpaired) electrons. The summed E-state index contributed by atoms with van der Waals surface area (Å²) in [4.78, 5) is 11.8. The van der Waals surface area contributed by atoms with Gasteiger partial charge < -0.3 is 20.5 Å². The highest BCUT2D eigenvalue weighted by Gasteiger charge is 2.38. The van der Waals surface area contributed by atoms with Crippen molar-refractivity contribution < 1.29 is 14.3 Å². The molecule has 0 aromatic heterocycles. The molecule has 0 aliphatic heterocycles. The molecule has 3 N–H and O–H groups in total. The molecule has 1 saturated carbocycles. The zero-order chi connectivity index (χ0) is 20.5. The summed E-state index contributed by atoms with van der Waals surface area (Å²) >= 11 is 0. The monoisotopic (exact) mass is 376 g/mol. The third-order valence-electron chi connectivity index (χ3n) is 4.71. The summed E-state index contributed by atoms with van der Waals surface area (Å²) in [5.74, 6) is 0.170. The molecule has 27 heavy (non-hydrogen) atoms. The molecule has 1 aliphatic carbocycles. The summed E-state index contributed by atoms with van der Waals surface area (Å²) in [5, 5.41) is 3.61. The summed E-state index contributed by atoms with van der Waals surface area (Å²) in [7, 11) is 0. The van der Waals surface area contributed by atoms with Crippen LogP contribution < -0.4 is 15.8 Å². The molecular weight excluding hydrogens is 340 g/mol. The van der Waals surface area contributed by atoms with Crippen molar-refractivity contribution in [2.45, 2.75) is 79.4 Å². The zero-order valence-corrected chi connectivity index (χ0v) is 17.9. The zero-order valence-electron chi connectivity index (χ0n) is 17.9. The first-order chi connectivity index (χ1) is 12.2. The largest absolute Gasteiger partial charge is 0.482 e. The highest BCUT2D eigenvalue weighted by Crippen LogP contribution is 2.46. The van der Waals surface area contributed by atoms with Gasteiger partial charge in [0, 0.05) is 12.1 Å². The topological polar surface area (TPSA) is 73.6 Å². The van der Waals surface area contributed by atoms with Crippen LogP contribution in [-0.2, 0) is 9.53 Å². The van der Waals surface area contributed by atoms with Crippen LogP contribution in [0.3, 0.4) is 0 Å². The molecule has 0 bridgehead atoms. The van der Waals surface area contributed by atoms with Crippen LogP contribution in [0.5, 0.6) is 5.75 Å². The molecule has 0 atom stereocenters. The normalized spacial score (nSPS) is 19.4. The SMILES string of the molecule is CC1(C)CC(Nc2ccc(OCC(=O)OC(C)(C)C)cc2N)CC(C)(C)C1. The van der Waals surface area contributed by atoms with Gasteiger partial charge in [-0.15, -0.1) is 0 Å². The average Bonchev–Trinajstić information content (AvgIpc) is 2.42. The molecule has 152 valence electrons. The average molecular weight is 377 g/mol. The maximum absolute atomic E-state index is 11.8. The van der Waals surface area contributed by atoms with Crippen LogP contribution in [0.15, 0.2) is 18.2 Å². The van der Waals surface area contributed by atoms with Gasteiger partial charge >= 0.3 is 5.97 Å². The van der Waals surface area contributed by atoms with Crippen molar-refractivity contribution in [2.75, 3.05) is 17.7 Å². The van der Waals surface area contributed by atoms with Crippen LogP contribution in [0.2, 0.25) is 0 Å². The predicted molar refractivity (Wildman–Crippen MR) is 111 cm³/mol. The molecule has 1 aliphatic rings. The van der Waals surface area contributed by atoms with Gasteiger partial charge in [0.2, 0.25) is 0 Å². The molecule has 0 heterocycles. The van der Waals surface area contributed by atoms with Crippen LogP contribution in [0.1, 0.15) is 67.7 Å². The standard InChI is InChI=1S/C22H36N2O3/c1-20(2,3)27-19(25)13-26-16-8-9-18(17(23)10-16)24-15-11-21(4,5)14-22(6,7)12-15/h8-10,15,24H,11-14,23H2,1-7H3. The minimum atomic E-state index is -0.519. The second kappa shape index (κ2) is 7.61. The Hall–Kier alpha value is -1.91. The first-order valence-corrected chi connectivity index (χ1v) is 9.75. The number of nitrogens with two attached hydrogens (primary N) is 1. The number of carbonyl (C=O) groups is 1. The van der Waals surface area contributed by atoms with Gasteiger partial charge in [0.15, 0.2) is 6.61 Å². The minimum absolute atomic E-state index is 0.130. The number of anilines is 2. The first-order valence-electron chi connectivity index (χ1n) is 9.75. The van der Waals surface area contributed by atoms with E-state index in [9.17, 15) is 4.79 Å². The second-order valence-electron chi connectivity index (χ2n) is 10.4. The maximum atomic E-state index is 11.8. The van der Waals surface area contributed by atoms with Crippen molar-refractivity contribution >= 4 is 17.3 Å². The van der Waals surface area contributed by atoms with Gasteiger partial charge in [-0.1, -0.05) is 27.7 Å². The van der Waals surface area contributed by atoms with Crippen molar-refractivity contribution in [1.29, 1.82) is 0 Å². The lowest BCUT2D eigenvalue weighted by atomic mass is 9.63. The number of benzene rings is 1. The molecule has 0 unspecified atom stereocenters. The summed E-state index contributed by atoms with van der Waals surface area (Å²) in [5.41, 5.74) is 7.86. The van der Waals surface area contributed by atoms with Crippen LogP contribution in [0.25, 0.3) is 0 Å². The van der Waals surface area contributed by atoms with Crippen molar-refractivity contribution in [3.63, 3.8) is 0 Å². The van der Waals surface area contributed by atoms with Crippen LogP contribution >= 0.6 is 0 Å². The number of hydrogen-bond acceptors (Lipinski definition) is 5. The number of rotatable bonds is 5. The molecule has 1 aromatic rings. The predicted octanol–water partition coefficient (Wildman–Crippen LogP) is 5.01. The number of ether oxygens (including phenoxy) is 2. The van der Waals surface area contributed by atoms with Crippen molar-refractivity contribution in [3.05, 3.63) is 18.2 Å². The van der Waals surface area contributed by atoms with E-state index in [1.165, 1.54) is 6.42 Å². The summed E-state index contributed by atoms with van der Waals surface area (Å²) < 4.78 is 10.8. The summed E-state index contributed by atoms with van der Waals surface area (Å²) in [6.07, 6.45) is 3.46. The number of nitrogens with one attached hydrogen (secondary N) is 1. The lowest BCUT2D eigenvalue weighted by molar-refractivity contribution is -0.157. The fourth-order valence-electron chi connectivity index (χ4n) is 4.44. The molecule has 5 nitrogen and oxygen atoms in total. The molecule has 0 amide bonds. The van der Waals surface area contributed by atoms with Crippen LogP contribution in [-0.4, -0.2) is 24.2 Å². The second-order valence-corrected chi connectivity index (χ2v) is 10.4. The summed E-state index contributed by atoms with van der Waals surface area (Å²) in [6, 6.07) is 5.90. The van der Waals surface area contributed by atoms with Crippen LogP contribution in [0, 0.1) is 10.8 Å². The van der Waals surface area contributed by atoms with Gasteiger partial charge in [0.05, 0.1) is 11.4 Å². The molecule has 1 fully saturated rings. The molecule has 5 heteroatoms. The van der Waals surface area contributed by atoms with E-state index >= 15 is 0 Å². The Morgan fingerprint density at radius 2 is 1.78 bits per heavy atom. The van der Waals surface area contributed by atoms with E-state index < -0.39 is 11.6 Å². The minimum Gasteiger partial charge on any atom is -0.482 e. The van der Waals surface area contributed by atoms with Crippen molar-refractivity contribution in [3.8, 4) is 5.75 Å². The molecule has 0 spiro atoms. The molecule has 0 saturated heterocycles. The maximum Gasteiger partial charge on any atom is 0.344 e. The van der Waals surface area contributed by atoms with Gasteiger partial charge in [-0.05, 0) is 63.0 Å². The van der Waals surface area contributed by atoms with Gasteiger partial charge in [-0.2, -0.15) is 0 Å². The lowest BCUT2D eigenvalue weighted by Gasteiger charge is -2.45. The first kappa shape index (κ1) is 21.4.